The van der Waals surface area contributed by atoms with E-state index in [0.717, 1.165) is 18.9 Å². The van der Waals surface area contributed by atoms with Gasteiger partial charge in [0, 0.05) is 17.8 Å². The minimum atomic E-state index is 0.321. The zero-order chi connectivity index (χ0) is 11.3. The summed E-state index contributed by atoms with van der Waals surface area (Å²) in [5, 5.41) is 0. The van der Waals surface area contributed by atoms with Crippen LogP contribution in [0.5, 0.6) is 0 Å². The fraction of sp³-hybridized carbons (Fsp3) is 0.733. The van der Waals surface area contributed by atoms with Gasteiger partial charge < -0.3 is 4.74 Å². The molecule has 2 aliphatic carbocycles. The van der Waals surface area contributed by atoms with Gasteiger partial charge in [-0.1, -0.05) is 32.4 Å². The van der Waals surface area contributed by atoms with E-state index in [9.17, 15) is 0 Å². The monoisotopic (exact) mass is 218 g/mol. The molecule has 0 saturated heterocycles. The molecule has 0 aromatic carbocycles. The zero-order valence-corrected chi connectivity index (χ0v) is 10.7. The van der Waals surface area contributed by atoms with Crippen LogP contribution in [-0.2, 0) is 4.74 Å². The molecule has 0 spiro atoms. The van der Waals surface area contributed by atoms with Crippen molar-refractivity contribution < 1.29 is 4.74 Å². The molecule has 3 atom stereocenters. The lowest BCUT2D eigenvalue weighted by Crippen LogP contribution is -2.36. The van der Waals surface area contributed by atoms with Gasteiger partial charge in [0.25, 0.3) is 0 Å². The Kier molecular flexibility index (Phi) is 2.21. The van der Waals surface area contributed by atoms with E-state index in [-0.39, 0.29) is 0 Å². The predicted molar refractivity (Wildman–Crippen MR) is 66.0 cm³/mol. The summed E-state index contributed by atoms with van der Waals surface area (Å²) in [6.07, 6.45) is 7.50. The van der Waals surface area contributed by atoms with Crippen LogP contribution >= 0.6 is 0 Å². The lowest BCUT2D eigenvalue weighted by atomic mass is 9.57. The average Bonchev–Trinajstić information content (AvgIpc) is 2.64. The maximum absolute atomic E-state index is 5.88. The molecule has 0 fully saturated rings. The van der Waals surface area contributed by atoms with Gasteiger partial charge in [-0.05, 0) is 30.8 Å². The van der Waals surface area contributed by atoms with Gasteiger partial charge in [-0.2, -0.15) is 0 Å². The average molecular weight is 218 g/mol. The van der Waals surface area contributed by atoms with Crippen molar-refractivity contribution in [1.29, 1.82) is 0 Å². The maximum Gasteiger partial charge on any atom is 0.0968 e. The van der Waals surface area contributed by atoms with Crippen molar-refractivity contribution in [2.75, 3.05) is 6.61 Å². The molecule has 1 nitrogen and oxygen atoms in total. The summed E-state index contributed by atoms with van der Waals surface area (Å²) in [4.78, 5) is 0. The number of rotatable bonds is 0. The molecule has 0 bridgehead atoms. The van der Waals surface area contributed by atoms with E-state index in [0.29, 0.717) is 11.3 Å². The summed E-state index contributed by atoms with van der Waals surface area (Å²) >= 11 is 0. The Morgan fingerprint density at radius 3 is 2.94 bits per heavy atom. The molecule has 0 aromatic rings. The molecule has 88 valence electrons. The number of hydrogen-bond donors (Lipinski definition) is 0. The Bertz CT molecular complexity index is 377. The van der Waals surface area contributed by atoms with Gasteiger partial charge >= 0.3 is 0 Å². The number of ether oxygens (including phenoxy) is 1. The van der Waals surface area contributed by atoms with Crippen LogP contribution in [0.15, 0.2) is 23.0 Å². The van der Waals surface area contributed by atoms with Crippen molar-refractivity contribution >= 4 is 0 Å². The predicted octanol–water partition coefficient (Wildman–Crippen LogP) is 4.06. The second-order valence-electron chi connectivity index (χ2n) is 5.96. The van der Waals surface area contributed by atoms with E-state index in [1.165, 1.54) is 25.0 Å². The SMILES string of the molecule is C[C@@H]1COC2=C1[C@@]1(C)C(=CCC[C@@H]1C)CC2. The van der Waals surface area contributed by atoms with Crippen molar-refractivity contribution in [1.82, 2.24) is 0 Å². The second kappa shape index (κ2) is 3.38. The molecule has 1 heterocycles. The van der Waals surface area contributed by atoms with Crippen LogP contribution in [0.2, 0.25) is 0 Å². The summed E-state index contributed by atoms with van der Waals surface area (Å²) < 4.78 is 5.88. The molecule has 3 rings (SSSR count). The van der Waals surface area contributed by atoms with E-state index in [4.69, 9.17) is 4.74 Å². The van der Waals surface area contributed by atoms with Gasteiger partial charge in [-0.3, -0.25) is 0 Å². The highest BCUT2D eigenvalue weighted by atomic mass is 16.5. The van der Waals surface area contributed by atoms with Crippen LogP contribution in [-0.4, -0.2) is 6.61 Å². The highest BCUT2D eigenvalue weighted by molar-refractivity contribution is 5.40. The van der Waals surface area contributed by atoms with Crippen LogP contribution in [0, 0.1) is 17.3 Å². The lowest BCUT2D eigenvalue weighted by molar-refractivity contribution is 0.211. The molecule has 1 aliphatic heterocycles. The molecular formula is C15H22O. The number of allylic oxidation sites excluding steroid dienone is 3. The second-order valence-corrected chi connectivity index (χ2v) is 5.96. The van der Waals surface area contributed by atoms with E-state index in [1.54, 1.807) is 11.1 Å². The molecule has 0 radical (unpaired) electrons. The van der Waals surface area contributed by atoms with Crippen molar-refractivity contribution in [2.24, 2.45) is 17.3 Å². The summed E-state index contributed by atoms with van der Waals surface area (Å²) in [6, 6.07) is 0. The van der Waals surface area contributed by atoms with Gasteiger partial charge in [0.05, 0.1) is 12.4 Å². The molecule has 16 heavy (non-hydrogen) atoms. The first-order valence-corrected chi connectivity index (χ1v) is 6.70. The minimum Gasteiger partial charge on any atom is -0.497 e. The fourth-order valence-corrected chi connectivity index (χ4v) is 4.04. The third-order valence-electron chi connectivity index (χ3n) is 5.12. The summed E-state index contributed by atoms with van der Waals surface area (Å²) in [6.45, 7) is 8.13. The quantitative estimate of drug-likeness (QED) is 0.557. The third-order valence-corrected chi connectivity index (χ3v) is 5.12. The highest BCUT2D eigenvalue weighted by Gasteiger charge is 2.47. The van der Waals surface area contributed by atoms with Gasteiger partial charge in [0.2, 0.25) is 0 Å². The Morgan fingerprint density at radius 2 is 2.12 bits per heavy atom. The summed E-state index contributed by atoms with van der Waals surface area (Å²) in [5.41, 5.74) is 3.65. The molecule has 0 N–H and O–H groups in total. The highest BCUT2D eigenvalue weighted by Crippen LogP contribution is 2.57. The van der Waals surface area contributed by atoms with Crippen molar-refractivity contribution in [2.45, 2.75) is 46.5 Å². The fourth-order valence-electron chi connectivity index (χ4n) is 4.04. The van der Waals surface area contributed by atoms with E-state index in [1.807, 2.05) is 0 Å². The van der Waals surface area contributed by atoms with E-state index >= 15 is 0 Å². The normalized spacial score (nSPS) is 42.3. The Balaban J connectivity index is 2.13. The van der Waals surface area contributed by atoms with Crippen molar-refractivity contribution in [3.63, 3.8) is 0 Å². The van der Waals surface area contributed by atoms with Crippen molar-refractivity contribution in [3.8, 4) is 0 Å². The van der Waals surface area contributed by atoms with Crippen LogP contribution in [0.3, 0.4) is 0 Å². The molecule has 3 aliphatic rings. The molecule has 0 saturated carbocycles. The van der Waals surface area contributed by atoms with Crippen molar-refractivity contribution in [3.05, 3.63) is 23.0 Å². The smallest absolute Gasteiger partial charge is 0.0968 e. The summed E-state index contributed by atoms with van der Waals surface area (Å²) in [5.74, 6) is 2.74. The first-order valence-electron chi connectivity index (χ1n) is 6.70. The van der Waals surface area contributed by atoms with Gasteiger partial charge in [0.15, 0.2) is 0 Å². The molecule has 0 amide bonds. The molecule has 1 heteroatoms. The zero-order valence-electron chi connectivity index (χ0n) is 10.7. The Morgan fingerprint density at radius 1 is 1.31 bits per heavy atom. The number of hydrogen-bond acceptors (Lipinski definition) is 1. The van der Waals surface area contributed by atoms with Crippen LogP contribution < -0.4 is 0 Å². The topological polar surface area (TPSA) is 9.23 Å². The van der Waals surface area contributed by atoms with Gasteiger partial charge in [-0.25, -0.2) is 0 Å². The molecular weight excluding hydrogens is 196 g/mol. The van der Waals surface area contributed by atoms with Crippen LogP contribution in [0.25, 0.3) is 0 Å². The van der Waals surface area contributed by atoms with Gasteiger partial charge in [-0.15, -0.1) is 0 Å². The Hall–Kier alpha value is -0.720. The lowest BCUT2D eigenvalue weighted by Gasteiger charge is -2.46. The first kappa shape index (κ1) is 10.4. The van der Waals surface area contributed by atoms with Crippen LogP contribution in [0.4, 0.5) is 0 Å². The summed E-state index contributed by atoms with van der Waals surface area (Å²) in [7, 11) is 0. The molecule has 0 unspecified atom stereocenters. The minimum absolute atomic E-state index is 0.321. The Labute approximate surface area is 98.6 Å². The van der Waals surface area contributed by atoms with E-state index in [2.05, 4.69) is 26.8 Å². The largest absolute Gasteiger partial charge is 0.497 e. The van der Waals surface area contributed by atoms with Gasteiger partial charge in [0.1, 0.15) is 0 Å². The first-order chi connectivity index (χ1) is 7.64. The standard InChI is InChI=1S/C15H22O/c1-10-9-16-13-8-7-12-6-4-5-11(2)15(12,3)14(10)13/h6,10-11H,4-5,7-9H2,1-3H3/t10-,11+,15-/m1/s1. The van der Waals surface area contributed by atoms with E-state index < -0.39 is 0 Å². The third kappa shape index (κ3) is 1.18. The van der Waals surface area contributed by atoms with Crippen LogP contribution in [0.1, 0.15) is 46.5 Å². The molecule has 0 aromatic heterocycles. The number of fused-ring (bicyclic) bond motifs is 2. The maximum atomic E-state index is 5.88.